The van der Waals surface area contributed by atoms with Gasteiger partial charge < -0.3 is 10.1 Å². The van der Waals surface area contributed by atoms with Crippen molar-refractivity contribution in [3.63, 3.8) is 0 Å². The molecule has 1 aromatic heterocycles. The van der Waals surface area contributed by atoms with Crippen LogP contribution in [0.3, 0.4) is 0 Å². The minimum Gasteiger partial charge on any atom is -0.376 e. The summed E-state index contributed by atoms with van der Waals surface area (Å²) in [5, 5.41) is 4.50. The molecule has 1 aliphatic heterocycles. The van der Waals surface area contributed by atoms with E-state index in [-0.39, 0.29) is 0 Å². The first-order valence-corrected chi connectivity index (χ1v) is 6.40. The van der Waals surface area contributed by atoms with Gasteiger partial charge >= 0.3 is 0 Å². The first-order valence-electron chi connectivity index (χ1n) is 6.40. The number of nitrogens with zero attached hydrogens (tertiary/aromatic N) is 2. The van der Waals surface area contributed by atoms with Crippen molar-refractivity contribution in [2.24, 2.45) is 0 Å². The fourth-order valence-corrected chi connectivity index (χ4v) is 2.43. The normalized spacial score (nSPS) is 19.3. The number of benzene rings is 1. The maximum absolute atomic E-state index is 5.61. The van der Waals surface area contributed by atoms with E-state index in [1.165, 1.54) is 5.56 Å². The molecule has 4 nitrogen and oxygen atoms in total. The average Bonchev–Trinajstić information content (AvgIpc) is 2.89. The zero-order valence-corrected chi connectivity index (χ0v) is 10.5. The summed E-state index contributed by atoms with van der Waals surface area (Å²) in [5.41, 5.74) is 2.18. The van der Waals surface area contributed by atoms with Crippen molar-refractivity contribution >= 4 is 16.7 Å². The Labute approximate surface area is 106 Å². The maximum atomic E-state index is 5.61. The van der Waals surface area contributed by atoms with E-state index in [2.05, 4.69) is 28.3 Å². The molecule has 2 aromatic rings. The number of aromatic nitrogens is 2. The van der Waals surface area contributed by atoms with Crippen LogP contribution in [-0.2, 0) is 4.74 Å². The topological polar surface area (TPSA) is 47.0 Å². The summed E-state index contributed by atoms with van der Waals surface area (Å²) in [5.74, 6) is 0.911. The van der Waals surface area contributed by atoms with Gasteiger partial charge in [0.2, 0.25) is 0 Å². The number of hydrogen-bond donors (Lipinski definition) is 1. The Bertz CT molecular complexity index is 544. The molecule has 1 saturated heterocycles. The quantitative estimate of drug-likeness (QED) is 0.900. The number of hydrogen-bond acceptors (Lipinski definition) is 4. The van der Waals surface area contributed by atoms with Gasteiger partial charge in [0.05, 0.1) is 11.6 Å². The van der Waals surface area contributed by atoms with E-state index < -0.39 is 0 Å². The standard InChI is InChI=1S/C14H17N3O/c1-10-4-2-6-12-13(10)14(17-9-16-12)15-8-11-5-3-7-18-11/h2,4,6,9,11H,3,5,7-8H2,1H3,(H,15,16,17)/t11-/m0/s1. The van der Waals surface area contributed by atoms with E-state index in [0.717, 1.165) is 42.7 Å². The van der Waals surface area contributed by atoms with Gasteiger partial charge in [-0.3, -0.25) is 0 Å². The van der Waals surface area contributed by atoms with Crippen molar-refractivity contribution in [3.8, 4) is 0 Å². The second-order valence-corrected chi connectivity index (χ2v) is 4.71. The number of rotatable bonds is 3. The lowest BCUT2D eigenvalue weighted by Gasteiger charge is -2.13. The van der Waals surface area contributed by atoms with Crippen LogP contribution < -0.4 is 5.32 Å². The number of anilines is 1. The SMILES string of the molecule is Cc1cccc2ncnc(NC[C@@H]3CCCO3)c12. The molecule has 0 radical (unpaired) electrons. The monoisotopic (exact) mass is 243 g/mol. The highest BCUT2D eigenvalue weighted by molar-refractivity contribution is 5.91. The number of fused-ring (bicyclic) bond motifs is 1. The molecule has 3 rings (SSSR count). The van der Waals surface area contributed by atoms with Gasteiger partial charge in [-0.25, -0.2) is 9.97 Å². The Morgan fingerprint density at radius 2 is 2.33 bits per heavy atom. The van der Waals surface area contributed by atoms with E-state index in [1.54, 1.807) is 6.33 Å². The smallest absolute Gasteiger partial charge is 0.137 e. The molecule has 2 heterocycles. The van der Waals surface area contributed by atoms with Crippen LogP contribution in [0.5, 0.6) is 0 Å². The van der Waals surface area contributed by atoms with Crippen LogP contribution in [0.15, 0.2) is 24.5 Å². The van der Waals surface area contributed by atoms with E-state index in [1.807, 2.05) is 12.1 Å². The van der Waals surface area contributed by atoms with Gasteiger partial charge in [0.25, 0.3) is 0 Å². The Morgan fingerprint density at radius 3 is 3.17 bits per heavy atom. The molecule has 1 N–H and O–H groups in total. The summed E-state index contributed by atoms with van der Waals surface area (Å²) in [6.45, 7) is 3.79. The summed E-state index contributed by atoms with van der Waals surface area (Å²) < 4.78 is 5.61. The summed E-state index contributed by atoms with van der Waals surface area (Å²) in [6.07, 6.45) is 4.23. The number of ether oxygens (including phenoxy) is 1. The predicted molar refractivity (Wildman–Crippen MR) is 71.7 cm³/mol. The minimum atomic E-state index is 0.319. The Hall–Kier alpha value is -1.68. The third kappa shape index (κ3) is 2.16. The molecule has 1 aliphatic rings. The molecule has 0 aliphatic carbocycles. The van der Waals surface area contributed by atoms with Crippen LogP contribution in [0.4, 0.5) is 5.82 Å². The highest BCUT2D eigenvalue weighted by Gasteiger charge is 2.15. The van der Waals surface area contributed by atoms with Crippen molar-refractivity contribution in [1.29, 1.82) is 0 Å². The van der Waals surface area contributed by atoms with Crippen LogP contribution in [0.25, 0.3) is 10.9 Å². The Morgan fingerprint density at radius 1 is 1.39 bits per heavy atom. The summed E-state index contributed by atoms with van der Waals surface area (Å²) in [4.78, 5) is 8.65. The zero-order valence-electron chi connectivity index (χ0n) is 10.5. The molecule has 4 heteroatoms. The third-order valence-corrected chi connectivity index (χ3v) is 3.39. The lowest BCUT2D eigenvalue weighted by molar-refractivity contribution is 0.120. The zero-order chi connectivity index (χ0) is 12.4. The summed E-state index contributed by atoms with van der Waals surface area (Å²) in [6, 6.07) is 6.12. The van der Waals surface area contributed by atoms with Crippen LogP contribution >= 0.6 is 0 Å². The van der Waals surface area contributed by atoms with Gasteiger partial charge in [0.15, 0.2) is 0 Å². The predicted octanol–water partition coefficient (Wildman–Crippen LogP) is 2.53. The van der Waals surface area contributed by atoms with Crippen molar-refractivity contribution in [1.82, 2.24) is 9.97 Å². The molecule has 1 aromatic carbocycles. The molecule has 0 saturated carbocycles. The second kappa shape index (κ2) is 4.90. The lowest BCUT2D eigenvalue weighted by Crippen LogP contribution is -2.19. The van der Waals surface area contributed by atoms with Crippen LogP contribution in [0.2, 0.25) is 0 Å². The summed E-state index contributed by atoms with van der Waals surface area (Å²) in [7, 11) is 0. The molecule has 0 bridgehead atoms. The minimum absolute atomic E-state index is 0.319. The maximum Gasteiger partial charge on any atom is 0.137 e. The van der Waals surface area contributed by atoms with Gasteiger partial charge in [0, 0.05) is 18.5 Å². The molecular formula is C14H17N3O. The van der Waals surface area contributed by atoms with Crippen molar-refractivity contribution in [2.45, 2.75) is 25.9 Å². The molecule has 1 atom stereocenters. The Kier molecular flexibility index (Phi) is 3.11. The van der Waals surface area contributed by atoms with Crippen LogP contribution in [0, 0.1) is 6.92 Å². The highest BCUT2D eigenvalue weighted by atomic mass is 16.5. The molecule has 0 spiro atoms. The van der Waals surface area contributed by atoms with Crippen molar-refractivity contribution in [2.75, 3.05) is 18.5 Å². The third-order valence-electron chi connectivity index (χ3n) is 3.39. The molecule has 1 fully saturated rings. The van der Waals surface area contributed by atoms with Crippen LogP contribution in [0.1, 0.15) is 18.4 Å². The fourth-order valence-electron chi connectivity index (χ4n) is 2.43. The molecule has 0 amide bonds. The summed E-state index contributed by atoms with van der Waals surface area (Å²) >= 11 is 0. The molecule has 0 unspecified atom stereocenters. The van der Waals surface area contributed by atoms with E-state index in [9.17, 15) is 0 Å². The molecule has 94 valence electrons. The fraction of sp³-hybridized carbons (Fsp3) is 0.429. The van der Waals surface area contributed by atoms with E-state index >= 15 is 0 Å². The van der Waals surface area contributed by atoms with Gasteiger partial charge in [-0.15, -0.1) is 0 Å². The average molecular weight is 243 g/mol. The van der Waals surface area contributed by atoms with Gasteiger partial charge in [0.1, 0.15) is 12.1 Å². The van der Waals surface area contributed by atoms with Gasteiger partial charge in [-0.2, -0.15) is 0 Å². The number of aryl methyl sites for hydroxylation is 1. The van der Waals surface area contributed by atoms with Crippen molar-refractivity contribution in [3.05, 3.63) is 30.1 Å². The number of nitrogens with one attached hydrogen (secondary N) is 1. The van der Waals surface area contributed by atoms with Gasteiger partial charge in [-0.05, 0) is 31.4 Å². The second-order valence-electron chi connectivity index (χ2n) is 4.71. The van der Waals surface area contributed by atoms with E-state index in [0.29, 0.717) is 6.10 Å². The Balaban J connectivity index is 1.86. The largest absolute Gasteiger partial charge is 0.376 e. The lowest BCUT2D eigenvalue weighted by atomic mass is 10.1. The highest BCUT2D eigenvalue weighted by Crippen LogP contribution is 2.23. The molecule has 18 heavy (non-hydrogen) atoms. The van der Waals surface area contributed by atoms with Crippen molar-refractivity contribution < 1.29 is 4.74 Å². The van der Waals surface area contributed by atoms with Crippen LogP contribution in [-0.4, -0.2) is 29.2 Å². The van der Waals surface area contributed by atoms with E-state index in [4.69, 9.17) is 4.74 Å². The first-order chi connectivity index (χ1) is 8.84. The van der Waals surface area contributed by atoms with Gasteiger partial charge in [-0.1, -0.05) is 12.1 Å². The molecular weight excluding hydrogens is 226 g/mol. The first kappa shape index (κ1) is 11.4.